The SMILES string of the molecule is CN1Cc2nc(C=O)sc2CN1C. The fourth-order valence-corrected chi connectivity index (χ4v) is 2.30. The van der Waals surface area contributed by atoms with Gasteiger partial charge in [-0.25, -0.2) is 15.0 Å². The van der Waals surface area contributed by atoms with Gasteiger partial charge in [-0.1, -0.05) is 0 Å². The van der Waals surface area contributed by atoms with E-state index >= 15 is 0 Å². The molecule has 0 amide bonds. The normalized spacial score (nSPS) is 18.6. The molecule has 0 unspecified atom stereocenters. The summed E-state index contributed by atoms with van der Waals surface area (Å²) in [5.74, 6) is 0. The average Bonchev–Trinajstić information content (AvgIpc) is 2.48. The number of aldehydes is 1. The number of carbonyl (C=O) groups is 1. The second-order valence-corrected chi connectivity index (χ2v) is 4.29. The van der Waals surface area contributed by atoms with Gasteiger partial charge in [0.1, 0.15) is 0 Å². The zero-order valence-corrected chi connectivity index (χ0v) is 8.47. The number of carbonyl (C=O) groups excluding carboxylic acids is 1. The Labute approximate surface area is 80.8 Å². The van der Waals surface area contributed by atoms with Crippen LogP contribution in [0.5, 0.6) is 0 Å². The van der Waals surface area contributed by atoms with E-state index in [0.29, 0.717) is 5.01 Å². The Morgan fingerprint density at radius 1 is 1.38 bits per heavy atom. The van der Waals surface area contributed by atoms with Gasteiger partial charge in [-0.05, 0) is 0 Å². The minimum absolute atomic E-state index is 0.591. The third kappa shape index (κ3) is 1.50. The molecular weight excluding hydrogens is 186 g/mol. The molecule has 4 nitrogen and oxygen atoms in total. The summed E-state index contributed by atoms with van der Waals surface area (Å²) in [6.07, 6.45) is 0.822. The molecular formula is C8H11N3OS. The predicted octanol–water partition coefficient (Wildman–Crippen LogP) is 0.748. The van der Waals surface area contributed by atoms with Crippen LogP contribution in [0.25, 0.3) is 0 Å². The molecule has 1 aromatic rings. The Morgan fingerprint density at radius 3 is 2.77 bits per heavy atom. The molecule has 70 valence electrons. The molecule has 2 rings (SSSR count). The third-order valence-corrected chi connectivity index (χ3v) is 3.24. The van der Waals surface area contributed by atoms with Crippen LogP contribution in [-0.4, -0.2) is 35.4 Å². The molecule has 0 bridgehead atoms. The lowest BCUT2D eigenvalue weighted by molar-refractivity contribution is -0.00170. The highest BCUT2D eigenvalue weighted by Crippen LogP contribution is 2.24. The first-order valence-electron chi connectivity index (χ1n) is 4.06. The molecule has 0 spiro atoms. The highest BCUT2D eigenvalue weighted by Gasteiger charge is 2.21. The highest BCUT2D eigenvalue weighted by atomic mass is 32.1. The Morgan fingerprint density at radius 2 is 2.08 bits per heavy atom. The van der Waals surface area contributed by atoms with Crippen molar-refractivity contribution in [2.45, 2.75) is 13.1 Å². The lowest BCUT2D eigenvalue weighted by Crippen LogP contribution is -2.39. The number of hydrogen-bond donors (Lipinski definition) is 0. The monoisotopic (exact) mass is 197 g/mol. The second-order valence-electron chi connectivity index (χ2n) is 3.17. The molecule has 1 aliphatic rings. The molecule has 1 aliphatic heterocycles. The zero-order valence-electron chi connectivity index (χ0n) is 7.65. The minimum atomic E-state index is 0.591. The molecule has 0 atom stereocenters. The Kier molecular flexibility index (Phi) is 2.15. The maximum atomic E-state index is 10.5. The van der Waals surface area contributed by atoms with Gasteiger partial charge >= 0.3 is 0 Å². The highest BCUT2D eigenvalue weighted by molar-refractivity contribution is 7.13. The maximum absolute atomic E-state index is 10.5. The molecule has 2 heterocycles. The van der Waals surface area contributed by atoms with E-state index in [2.05, 4.69) is 15.0 Å². The van der Waals surface area contributed by atoms with Crippen LogP contribution in [0, 0.1) is 0 Å². The number of hydrazine groups is 1. The van der Waals surface area contributed by atoms with Gasteiger partial charge in [-0.3, -0.25) is 4.79 Å². The first kappa shape index (κ1) is 8.80. The van der Waals surface area contributed by atoms with Crippen LogP contribution in [-0.2, 0) is 13.1 Å². The summed E-state index contributed by atoms with van der Waals surface area (Å²) in [7, 11) is 4.05. The van der Waals surface area contributed by atoms with Gasteiger partial charge in [0.25, 0.3) is 0 Å². The van der Waals surface area contributed by atoms with Crippen molar-refractivity contribution < 1.29 is 4.79 Å². The van der Waals surface area contributed by atoms with E-state index in [1.165, 1.54) is 16.2 Å². The van der Waals surface area contributed by atoms with Gasteiger partial charge in [-0.15, -0.1) is 11.3 Å². The first-order chi connectivity index (χ1) is 6.20. The molecule has 0 saturated carbocycles. The smallest absolute Gasteiger partial charge is 0.178 e. The lowest BCUT2D eigenvalue weighted by atomic mass is 10.3. The molecule has 0 radical (unpaired) electrons. The number of thiazole rings is 1. The molecule has 13 heavy (non-hydrogen) atoms. The van der Waals surface area contributed by atoms with E-state index in [9.17, 15) is 4.79 Å². The van der Waals surface area contributed by atoms with Gasteiger partial charge in [0.2, 0.25) is 0 Å². The van der Waals surface area contributed by atoms with E-state index in [0.717, 1.165) is 25.1 Å². The van der Waals surface area contributed by atoms with Gasteiger partial charge in [0.05, 0.1) is 12.2 Å². The van der Waals surface area contributed by atoms with Crippen LogP contribution in [0.1, 0.15) is 20.4 Å². The third-order valence-electron chi connectivity index (χ3n) is 2.23. The molecule has 0 saturated heterocycles. The van der Waals surface area contributed by atoms with E-state index in [1.807, 2.05) is 14.1 Å². The maximum Gasteiger partial charge on any atom is 0.178 e. The van der Waals surface area contributed by atoms with Crippen molar-refractivity contribution in [2.24, 2.45) is 0 Å². The number of hydrogen-bond acceptors (Lipinski definition) is 5. The number of rotatable bonds is 1. The second kappa shape index (κ2) is 3.17. The van der Waals surface area contributed by atoms with Crippen molar-refractivity contribution in [1.82, 2.24) is 15.0 Å². The number of nitrogens with zero attached hydrogens (tertiary/aromatic N) is 3. The summed E-state index contributed by atoms with van der Waals surface area (Å²) in [6.45, 7) is 1.66. The van der Waals surface area contributed by atoms with Gasteiger partial charge in [0, 0.05) is 25.5 Å². The van der Waals surface area contributed by atoms with Crippen LogP contribution in [0.15, 0.2) is 0 Å². The van der Waals surface area contributed by atoms with Crippen molar-refractivity contribution >= 4 is 17.6 Å². The molecule has 0 N–H and O–H groups in total. The van der Waals surface area contributed by atoms with Crippen molar-refractivity contribution in [3.05, 3.63) is 15.6 Å². The van der Waals surface area contributed by atoms with Crippen LogP contribution < -0.4 is 0 Å². The van der Waals surface area contributed by atoms with E-state index in [-0.39, 0.29) is 0 Å². The largest absolute Gasteiger partial charge is 0.295 e. The van der Waals surface area contributed by atoms with Crippen LogP contribution in [0.3, 0.4) is 0 Å². The summed E-state index contributed by atoms with van der Waals surface area (Å²) >= 11 is 1.49. The summed E-state index contributed by atoms with van der Waals surface area (Å²) < 4.78 is 0. The molecule has 1 aromatic heterocycles. The van der Waals surface area contributed by atoms with Crippen molar-refractivity contribution in [1.29, 1.82) is 0 Å². The number of aromatic nitrogens is 1. The Bertz CT molecular complexity index is 309. The van der Waals surface area contributed by atoms with E-state index in [1.54, 1.807) is 0 Å². The first-order valence-corrected chi connectivity index (χ1v) is 4.88. The van der Waals surface area contributed by atoms with Crippen LogP contribution in [0.2, 0.25) is 0 Å². The minimum Gasteiger partial charge on any atom is -0.295 e. The van der Waals surface area contributed by atoms with Crippen molar-refractivity contribution in [3.8, 4) is 0 Å². The van der Waals surface area contributed by atoms with Crippen molar-refractivity contribution in [3.63, 3.8) is 0 Å². The number of fused-ring (bicyclic) bond motifs is 1. The molecule has 0 fully saturated rings. The predicted molar refractivity (Wildman–Crippen MR) is 50.4 cm³/mol. The quantitative estimate of drug-likeness (QED) is 0.622. The van der Waals surface area contributed by atoms with Gasteiger partial charge in [0.15, 0.2) is 11.3 Å². The Balaban J connectivity index is 2.34. The Hall–Kier alpha value is -0.780. The van der Waals surface area contributed by atoms with E-state index in [4.69, 9.17) is 0 Å². The van der Waals surface area contributed by atoms with Crippen LogP contribution >= 0.6 is 11.3 Å². The molecule has 5 heteroatoms. The average molecular weight is 197 g/mol. The topological polar surface area (TPSA) is 36.4 Å². The van der Waals surface area contributed by atoms with Gasteiger partial charge in [-0.2, -0.15) is 0 Å². The summed E-state index contributed by atoms with van der Waals surface area (Å²) in [5, 5.41) is 4.81. The molecule has 0 aliphatic carbocycles. The molecule has 0 aromatic carbocycles. The zero-order chi connectivity index (χ0) is 9.42. The summed E-state index contributed by atoms with van der Waals surface area (Å²) in [5.41, 5.74) is 1.05. The van der Waals surface area contributed by atoms with Crippen LogP contribution in [0.4, 0.5) is 0 Å². The lowest BCUT2D eigenvalue weighted by Gasteiger charge is -2.31. The fourth-order valence-electron chi connectivity index (χ4n) is 1.37. The van der Waals surface area contributed by atoms with Gasteiger partial charge < -0.3 is 0 Å². The fraction of sp³-hybridized carbons (Fsp3) is 0.500. The van der Waals surface area contributed by atoms with E-state index < -0.39 is 0 Å². The standard InChI is InChI=1S/C8H11N3OS/c1-10-3-6-7(4-11(10)2)13-8(5-12)9-6/h5H,3-4H2,1-2H3. The van der Waals surface area contributed by atoms with Crippen molar-refractivity contribution in [2.75, 3.05) is 14.1 Å². The summed E-state index contributed by atoms with van der Waals surface area (Å²) in [4.78, 5) is 16.0. The summed E-state index contributed by atoms with van der Waals surface area (Å²) in [6, 6.07) is 0.